The van der Waals surface area contributed by atoms with E-state index in [0.29, 0.717) is 0 Å². The van der Waals surface area contributed by atoms with Crippen molar-refractivity contribution in [2.24, 2.45) is 11.8 Å². The zero-order chi connectivity index (χ0) is 20.8. The van der Waals surface area contributed by atoms with Crippen LogP contribution in [0.1, 0.15) is 13.8 Å². The van der Waals surface area contributed by atoms with Gasteiger partial charge < -0.3 is 9.80 Å². The first kappa shape index (κ1) is 19.5. The Balaban J connectivity index is 1.37. The predicted octanol–water partition coefficient (Wildman–Crippen LogP) is 5.32. The summed E-state index contributed by atoms with van der Waals surface area (Å²) in [5.74, 6) is -1.27. The van der Waals surface area contributed by atoms with Crippen LogP contribution in [0.2, 0.25) is 0 Å². The lowest BCUT2D eigenvalue weighted by atomic mass is 9.72. The number of anilines is 2. The molecule has 4 nitrogen and oxygen atoms in total. The second kappa shape index (κ2) is 7.67. The lowest BCUT2D eigenvalue weighted by Crippen LogP contribution is -2.47. The third-order valence-electron chi connectivity index (χ3n) is 5.75. The van der Waals surface area contributed by atoms with Crippen LogP contribution in [0.3, 0.4) is 0 Å². The number of fused-ring (bicyclic) bond motifs is 2. The van der Waals surface area contributed by atoms with Crippen LogP contribution in [0.25, 0.3) is 0 Å². The maximum atomic E-state index is 12.9. The maximum Gasteiger partial charge on any atom is 0.161 e. The molecule has 2 aromatic carbocycles. The standard InChI is InChI=1S/C24H22N2O2S2/c1-3-25-17-9-5-7-11-19(17)29-21(25)13-15-23(27)16(24(15)28)14-22-26(4-2)18-10-6-8-12-20(18)30-22/h5-16H,3-4H2,1-2H3/b21-13-,22-14-. The number of hydrogen-bond donors (Lipinski definition) is 0. The van der Waals surface area contributed by atoms with Gasteiger partial charge in [0.2, 0.25) is 0 Å². The number of hydrogen-bond acceptors (Lipinski definition) is 6. The summed E-state index contributed by atoms with van der Waals surface area (Å²) in [6, 6.07) is 16.4. The summed E-state index contributed by atoms with van der Waals surface area (Å²) in [6.45, 7) is 5.78. The summed E-state index contributed by atoms with van der Waals surface area (Å²) in [6.07, 6.45) is 3.73. The first-order valence-corrected chi connectivity index (χ1v) is 11.9. The number of carbonyl (C=O) groups excluding carboxylic acids is 2. The molecule has 0 spiro atoms. The molecule has 2 heterocycles. The van der Waals surface area contributed by atoms with Crippen molar-refractivity contribution in [3.8, 4) is 0 Å². The van der Waals surface area contributed by atoms with E-state index in [1.54, 1.807) is 23.5 Å². The molecule has 5 rings (SSSR count). The highest BCUT2D eigenvalue weighted by Gasteiger charge is 2.48. The molecule has 0 atom stereocenters. The average Bonchev–Trinajstić information content (AvgIpc) is 3.32. The van der Waals surface area contributed by atoms with Crippen LogP contribution in [0.4, 0.5) is 11.4 Å². The minimum atomic E-state index is -0.637. The molecule has 0 radical (unpaired) electrons. The summed E-state index contributed by atoms with van der Waals surface area (Å²) in [5.41, 5.74) is 2.29. The number of benzene rings is 2. The Hall–Kier alpha value is -2.44. The van der Waals surface area contributed by atoms with Gasteiger partial charge in [-0.15, -0.1) is 0 Å². The number of nitrogens with zero attached hydrogens (tertiary/aromatic N) is 2. The summed E-state index contributed by atoms with van der Waals surface area (Å²) in [7, 11) is 0. The van der Waals surface area contributed by atoms with Gasteiger partial charge in [0.1, 0.15) is 0 Å². The zero-order valence-corrected chi connectivity index (χ0v) is 18.5. The van der Waals surface area contributed by atoms with Crippen molar-refractivity contribution in [2.75, 3.05) is 22.9 Å². The van der Waals surface area contributed by atoms with E-state index in [4.69, 9.17) is 0 Å². The van der Waals surface area contributed by atoms with Crippen LogP contribution in [-0.2, 0) is 9.59 Å². The van der Waals surface area contributed by atoms with Crippen molar-refractivity contribution in [3.63, 3.8) is 0 Å². The molecule has 0 bridgehead atoms. The summed E-state index contributed by atoms with van der Waals surface area (Å²) < 4.78 is 0. The van der Waals surface area contributed by atoms with Crippen LogP contribution >= 0.6 is 23.5 Å². The molecule has 1 saturated carbocycles. The highest BCUT2D eigenvalue weighted by molar-refractivity contribution is 8.04. The van der Waals surface area contributed by atoms with Gasteiger partial charge in [-0.2, -0.15) is 0 Å². The molecule has 0 unspecified atom stereocenters. The van der Waals surface area contributed by atoms with E-state index in [9.17, 15) is 9.59 Å². The average molecular weight is 435 g/mol. The molecule has 152 valence electrons. The third kappa shape index (κ3) is 3.01. The van der Waals surface area contributed by atoms with Gasteiger partial charge in [-0.05, 0) is 50.3 Å². The number of ketones is 2. The molecule has 30 heavy (non-hydrogen) atoms. The van der Waals surface area contributed by atoms with Crippen molar-refractivity contribution < 1.29 is 9.59 Å². The van der Waals surface area contributed by atoms with Gasteiger partial charge in [0, 0.05) is 22.9 Å². The molecular weight excluding hydrogens is 412 g/mol. The molecule has 1 fully saturated rings. The lowest BCUT2D eigenvalue weighted by Gasteiger charge is -2.30. The fourth-order valence-electron chi connectivity index (χ4n) is 4.19. The van der Waals surface area contributed by atoms with Crippen LogP contribution in [0.5, 0.6) is 0 Å². The van der Waals surface area contributed by atoms with Crippen LogP contribution in [0, 0.1) is 11.8 Å². The fourth-order valence-corrected chi connectivity index (χ4v) is 6.58. The zero-order valence-electron chi connectivity index (χ0n) is 16.9. The topological polar surface area (TPSA) is 40.6 Å². The quantitative estimate of drug-likeness (QED) is 0.607. The number of Topliss-reactive ketones (excluding diaryl/α,β-unsaturated/α-hetero) is 2. The Morgan fingerprint density at radius 1 is 0.733 bits per heavy atom. The van der Waals surface area contributed by atoms with Crippen LogP contribution < -0.4 is 9.80 Å². The first-order chi connectivity index (χ1) is 14.6. The second-order valence-corrected chi connectivity index (χ2v) is 9.52. The van der Waals surface area contributed by atoms with E-state index in [1.165, 1.54) is 9.79 Å². The summed E-state index contributed by atoms with van der Waals surface area (Å²) in [4.78, 5) is 32.5. The molecule has 0 saturated heterocycles. The van der Waals surface area contributed by atoms with Crippen molar-refractivity contribution >= 4 is 46.5 Å². The molecule has 0 N–H and O–H groups in total. The monoisotopic (exact) mass is 434 g/mol. The normalized spacial score (nSPS) is 25.1. The number of rotatable bonds is 4. The van der Waals surface area contributed by atoms with E-state index in [2.05, 4.69) is 47.9 Å². The second-order valence-electron chi connectivity index (χ2n) is 7.40. The Bertz CT molecular complexity index is 1010. The molecule has 6 heteroatoms. The van der Waals surface area contributed by atoms with E-state index in [0.717, 1.165) is 34.5 Å². The van der Waals surface area contributed by atoms with E-state index < -0.39 is 11.8 Å². The number of para-hydroxylation sites is 2. The maximum absolute atomic E-state index is 12.9. The molecule has 0 amide bonds. The molecular formula is C24H22N2O2S2. The van der Waals surface area contributed by atoms with Gasteiger partial charge in [0.05, 0.1) is 33.3 Å². The number of allylic oxidation sites excluding steroid dienone is 2. The molecule has 2 aromatic rings. The van der Waals surface area contributed by atoms with Crippen molar-refractivity contribution in [1.82, 2.24) is 0 Å². The Kier molecular flexibility index (Phi) is 4.99. The SMILES string of the molecule is CCN1/C(=C/C2C(=O)C(/C=C3\Sc4ccccc4N3CC)C2=O)Sc2ccccc21. The Morgan fingerprint density at radius 2 is 1.13 bits per heavy atom. The Labute approximate surface area is 185 Å². The predicted molar refractivity (Wildman–Crippen MR) is 124 cm³/mol. The smallest absolute Gasteiger partial charge is 0.161 e. The van der Waals surface area contributed by atoms with Gasteiger partial charge in [0.25, 0.3) is 0 Å². The van der Waals surface area contributed by atoms with Gasteiger partial charge in [-0.3, -0.25) is 9.59 Å². The van der Waals surface area contributed by atoms with Gasteiger partial charge in [-0.1, -0.05) is 47.8 Å². The molecule has 3 aliphatic rings. The molecule has 0 aromatic heterocycles. The van der Waals surface area contributed by atoms with E-state index >= 15 is 0 Å². The minimum Gasteiger partial charge on any atom is -0.336 e. The van der Waals surface area contributed by atoms with Crippen molar-refractivity contribution in [2.45, 2.75) is 23.6 Å². The fraction of sp³-hybridized carbons (Fsp3) is 0.250. The highest BCUT2D eigenvalue weighted by Crippen LogP contribution is 2.49. The largest absolute Gasteiger partial charge is 0.336 e. The lowest BCUT2D eigenvalue weighted by molar-refractivity contribution is -0.146. The molecule has 2 aliphatic heterocycles. The highest BCUT2D eigenvalue weighted by atomic mass is 32.2. The van der Waals surface area contributed by atoms with Crippen molar-refractivity contribution in [1.29, 1.82) is 0 Å². The Morgan fingerprint density at radius 3 is 1.53 bits per heavy atom. The van der Waals surface area contributed by atoms with Gasteiger partial charge in [0.15, 0.2) is 11.6 Å². The van der Waals surface area contributed by atoms with Crippen LogP contribution in [-0.4, -0.2) is 24.7 Å². The van der Waals surface area contributed by atoms with Gasteiger partial charge >= 0.3 is 0 Å². The third-order valence-corrected chi connectivity index (χ3v) is 8.01. The van der Waals surface area contributed by atoms with Crippen LogP contribution in [0.15, 0.2) is 80.5 Å². The van der Waals surface area contributed by atoms with E-state index in [-0.39, 0.29) is 11.6 Å². The van der Waals surface area contributed by atoms with E-state index in [1.807, 2.05) is 36.4 Å². The number of thioether (sulfide) groups is 2. The number of carbonyl (C=O) groups is 2. The summed E-state index contributed by atoms with van der Waals surface area (Å²) >= 11 is 3.27. The first-order valence-electron chi connectivity index (χ1n) is 10.2. The minimum absolute atomic E-state index is 0.000202. The van der Waals surface area contributed by atoms with Gasteiger partial charge in [-0.25, -0.2) is 0 Å². The molecule has 1 aliphatic carbocycles. The van der Waals surface area contributed by atoms with Crippen molar-refractivity contribution in [3.05, 3.63) is 70.7 Å². The summed E-state index contributed by atoms with van der Waals surface area (Å²) in [5, 5.41) is 1.96.